The van der Waals surface area contributed by atoms with E-state index in [1.165, 1.54) is 26.1 Å². The van der Waals surface area contributed by atoms with Crippen LogP contribution in [0.15, 0.2) is 0 Å². The van der Waals surface area contributed by atoms with E-state index in [9.17, 15) is 0 Å². The average molecular weight is 159 g/mol. The molecule has 0 aromatic heterocycles. The molecule has 2 unspecified atom stereocenters. The monoisotopic (exact) mass is 159 g/mol. The third kappa shape index (κ3) is 1.89. The second-order valence-electron chi connectivity index (χ2n) is 3.23. The van der Waals surface area contributed by atoms with Crippen molar-refractivity contribution in [3.63, 3.8) is 0 Å². The molecule has 0 bridgehead atoms. The van der Waals surface area contributed by atoms with Gasteiger partial charge in [0.15, 0.2) is 0 Å². The van der Waals surface area contributed by atoms with Crippen molar-refractivity contribution in [2.75, 3.05) is 19.6 Å². The molecule has 2 heteroatoms. The Morgan fingerprint density at radius 3 is 2.80 bits per heavy atom. The van der Waals surface area contributed by atoms with Gasteiger partial charge in [0.2, 0.25) is 0 Å². The minimum atomic E-state index is 0.641. The predicted octanol–water partition coefficient (Wildman–Crippen LogP) is 1.65. The van der Waals surface area contributed by atoms with Gasteiger partial charge in [0.25, 0.3) is 0 Å². The van der Waals surface area contributed by atoms with Crippen molar-refractivity contribution in [2.45, 2.75) is 25.5 Å². The second-order valence-corrected chi connectivity index (χ2v) is 3.89. The van der Waals surface area contributed by atoms with E-state index in [-0.39, 0.29) is 0 Å². The van der Waals surface area contributed by atoms with Gasteiger partial charge < -0.3 is 4.90 Å². The van der Waals surface area contributed by atoms with E-state index < -0.39 is 0 Å². The first-order chi connectivity index (χ1) is 4.74. The summed E-state index contributed by atoms with van der Waals surface area (Å²) in [6, 6.07) is 0. The molecule has 1 rings (SSSR count). The van der Waals surface area contributed by atoms with Crippen LogP contribution in [0.2, 0.25) is 0 Å². The Labute approximate surface area is 69.2 Å². The number of thiol groups is 1. The van der Waals surface area contributed by atoms with E-state index in [4.69, 9.17) is 0 Å². The zero-order chi connectivity index (χ0) is 7.56. The smallest absolute Gasteiger partial charge is 0.00667 e. The van der Waals surface area contributed by atoms with Gasteiger partial charge in [-0.25, -0.2) is 0 Å². The molecule has 0 aromatic rings. The van der Waals surface area contributed by atoms with Crippen molar-refractivity contribution in [1.82, 2.24) is 4.90 Å². The summed E-state index contributed by atoms with van der Waals surface area (Å²) in [5, 5.41) is 0.641. The van der Waals surface area contributed by atoms with Crippen LogP contribution in [0.3, 0.4) is 0 Å². The van der Waals surface area contributed by atoms with Crippen molar-refractivity contribution in [3.05, 3.63) is 0 Å². The van der Waals surface area contributed by atoms with Crippen LogP contribution < -0.4 is 0 Å². The van der Waals surface area contributed by atoms with E-state index in [1.807, 2.05) is 0 Å². The first kappa shape index (κ1) is 8.41. The molecule has 0 amide bonds. The molecule has 0 aliphatic carbocycles. The predicted molar refractivity (Wildman–Crippen MR) is 48.7 cm³/mol. The molecule has 1 fully saturated rings. The molecule has 0 saturated carbocycles. The Kier molecular flexibility index (Phi) is 3.05. The first-order valence-corrected chi connectivity index (χ1v) is 4.66. The largest absolute Gasteiger partial charge is 0.303 e. The van der Waals surface area contributed by atoms with Gasteiger partial charge in [-0.2, -0.15) is 12.6 Å². The van der Waals surface area contributed by atoms with Gasteiger partial charge in [-0.3, -0.25) is 0 Å². The van der Waals surface area contributed by atoms with Crippen molar-refractivity contribution in [2.24, 2.45) is 5.92 Å². The van der Waals surface area contributed by atoms with Gasteiger partial charge in [0, 0.05) is 11.8 Å². The third-order valence-electron chi connectivity index (χ3n) is 2.39. The quantitative estimate of drug-likeness (QED) is 0.569. The van der Waals surface area contributed by atoms with Crippen molar-refractivity contribution >= 4 is 12.6 Å². The molecular formula is C8H17NS. The molecule has 1 heterocycles. The molecule has 1 aliphatic rings. The van der Waals surface area contributed by atoms with Gasteiger partial charge in [-0.05, 0) is 25.4 Å². The lowest BCUT2D eigenvalue weighted by atomic mass is 10.00. The molecule has 0 aromatic carbocycles. The molecule has 0 radical (unpaired) electrons. The molecular weight excluding hydrogens is 142 g/mol. The van der Waals surface area contributed by atoms with Crippen molar-refractivity contribution < 1.29 is 0 Å². The van der Waals surface area contributed by atoms with Gasteiger partial charge in [-0.1, -0.05) is 13.8 Å². The van der Waals surface area contributed by atoms with Crippen molar-refractivity contribution in [1.29, 1.82) is 0 Å². The highest BCUT2D eigenvalue weighted by Crippen LogP contribution is 2.20. The summed E-state index contributed by atoms with van der Waals surface area (Å²) in [6.07, 6.45) is 1.26. The van der Waals surface area contributed by atoms with Gasteiger partial charge in [-0.15, -0.1) is 0 Å². The van der Waals surface area contributed by atoms with Gasteiger partial charge >= 0.3 is 0 Å². The summed E-state index contributed by atoms with van der Waals surface area (Å²) in [4.78, 5) is 2.50. The van der Waals surface area contributed by atoms with E-state index in [0.29, 0.717) is 5.25 Å². The summed E-state index contributed by atoms with van der Waals surface area (Å²) < 4.78 is 0. The molecule has 1 aliphatic heterocycles. The Balaban J connectivity index is 2.33. The molecule has 1 nitrogen and oxygen atoms in total. The fourth-order valence-corrected chi connectivity index (χ4v) is 1.72. The van der Waals surface area contributed by atoms with Crippen LogP contribution in [0.1, 0.15) is 20.3 Å². The fraction of sp³-hybridized carbons (Fsp3) is 1.00. The zero-order valence-electron chi connectivity index (χ0n) is 6.88. The van der Waals surface area contributed by atoms with Gasteiger partial charge in [0.1, 0.15) is 0 Å². The molecule has 60 valence electrons. The standard InChI is InChI=1S/C8H17NS/c1-3-9-5-4-8(10)7(2)6-9/h7-8,10H,3-6H2,1-2H3. The lowest BCUT2D eigenvalue weighted by molar-refractivity contribution is 0.199. The van der Waals surface area contributed by atoms with E-state index in [2.05, 4.69) is 31.4 Å². The lowest BCUT2D eigenvalue weighted by Crippen LogP contribution is -2.39. The van der Waals surface area contributed by atoms with E-state index in [1.54, 1.807) is 0 Å². The highest BCUT2D eigenvalue weighted by atomic mass is 32.1. The second kappa shape index (κ2) is 3.63. The summed E-state index contributed by atoms with van der Waals surface area (Å²) >= 11 is 4.51. The lowest BCUT2D eigenvalue weighted by Gasteiger charge is -2.33. The maximum absolute atomic E-state index is 4.51. The Morgan fingerprint density at radius 2 is 2.30 bits per heavy atom. The van der Waals surface area contributed by atoms with E-state index >= 15 is 0 Å². The fourth-order valence-electron chi connectivity index (χ4n) is 1.51. The molecule has 2 atom stereocenters. The maximum atomic E-state index is 4.51. The maximum Gasteiger partial charge on any atom is 0.00667 e. The number of hydrogen-bond acceptors (Lipinski definition) is 2. The number of hydrogen-bond donors (Lipinski definition) is 1. The van der Waals surface area contributed by atoms with Crippen molar-refractivity contribution in [3.8, 4) is 0 Å². The summed E-state index contributed by atoms with van der Waals surface area (Å²) in [5.41, 5.74) is 0. The summed E-state index contributed by atoms with van der Waals surface area (Å²) in [7, 11) is 0. The van der Waals surface area contributed by atoms with Crippen LogP contribution in [0.5, 0.6) is 0 Å². The molecule has 0 spiro atoms. The van der Waals surface area contributed by atoms with Crippen LogP contribution in [0.4, 0.5) is 0 Å². The highest BCUT2D eigenvalue weighted by molar-refractivity contribution is 7.81. The first-order valence-electron chi connectivity index (χ1n) is 4.14. The van der Waals surface area contributed by atoms with Crippen LogP contribution >= 0.6 is 12.6 Å². The zero-order valence-corrected chi connectivity index (χ0v) is 7.77. The number of likely N-dealkylation sites (tertiary alicyclic amines) is 1. The highest BCUT2D eigenvalue weighted by Gasteiger charge is 2.21. The summed E-state index contributed by atoms with van der Waals surface area (Å²) in [6.45, 7) is 8.20. The Hall–Kier alpha value is 0.310. The number of piperidine rings is 1. The molecule has 10 heavy (non-hydrogen) atoms. The van der Waals surface area contributed by atoms with Crippen LogP contribution in [-0.4, -0.2) is 29.8 Å². The molecule has 1 saturated heterocycles. The topological polar surface area (TPSA) is 3.24 Å². The Bertz CT molecular complexity index is 105. The minimum Gasteiger partial charge on any atom is -0.303 e. The van der Waals surface area contributed by atoms with Crippen LogP contribution in [-0.2, 0) is 0 Å². The number of nitrogens with zero attached hydrogens (tertiary/aromatic N) is 1. The minimum absolute atomic E-state index is 0.641. The van der Waals surface area contributed by atoms with Crippen LogP contribution in [0.25, 0.3) is 0 Å². The number of rotatable bonds is 1. The third-order valence-corrected chi connectivity index (χ3v) is 3.16. The van der Waals surface area contributed by atoms with E-state index in [0.717, 1.165) is 5.92 Å². The Morgan fingerprint density at radius 1 is 1.60 bits per heavy atom. The normalized spacial score (nSPS) is 36.3. The van der Waals surface area contributed by atoms with Crippen LogP contribution in [0, 0.1) is 5.92 Å². The SMILES string of the molecule is CCN1CCC(S)C(C)C1. The molecule has 0 N–H and O–H groups in total. The van der Waals surface area contributed by atoms with Gasteiger partial charge in [0.05, 0.1) is 0 Å². The average Bonchev–Trinajstić information content (AvgIpc) is 1.95. The summed E-state index contributed by atoms with van der Waals surface area (Å²) in [5.74, 6) is 0.775.